The summed E-state index contributed by atoms with van der Waals surface area (Å²) >= 11 is 0. The Labute approximate surface area is 111 Å². The molecule has 0 fully saturated rings. The summed E-state index contributed by atoms with van der Waals surface area (Å²) in [4.78, 5) is 0. The number of benzene rings is 2. The third-order valence-corrected chi connectivity index (χ3v) is 2.73. The average molecular weight is 260 g/mol. The van der Waals surface area contributed by atoms with E-state index in [-0.39, 0.29) is 17.8 Å². The van der Waals surface area contributed by atoms with E-state index in [2.05, 4.69) is 0 Å². The highest BCUT2D eigenvalue weighted by molar-refractivity contribution is 6.58. The van der Waals surface area contributed by atoms with Crippen LogP contribution in [0.3, 0.4) is 0 Å². The van der Waals surface area contributed by atoms with Crippen molar-refractivity contribution in [1.82, 2.24) is 0 Å². The highest BCUT2D eigenvalue weighted by Crippen LogP contribution is 2.17. The zero-order valence-corrected chi connectivity index (χ0v) is 10.5. The maximum Gasteiger partial charge on any atom is 0.488 e. The smallest absolute Gasteiger partial charge is 0.486 e. The van der Waals surface area contributed by atoms with E-state index in [0.29, 0.717) is 0 Å². The summed E-state index contributed by atoms with van der Waals surface area (Å²) in [6, 6.07) is 11.4. The fourth-order valence-corrected chi connectivity index (χ4v) is 1.75. The van der Waals surface area contributed by atoms with Gasteiger partial charge >= 0.3 is 7.12 Å². The fraction of sp³-hybridized carbons (Fsp3) is 0.143. The van der Waals surface area contributed by atoms with Gasteiger partial charge in [-0.2, -0.15) is 0 Å². The molecule has 19 heavy (non-hydrogen) atoms. The molecule has 0 aliphatic heterocycles. The summed E-state index contributed by atoms with van der Waals surface area (Å²) in [5, 5.41) is 18.1. The summed E-state index contributed by atoms with van der Waals surface area (Å²) in [7, 11) is -1.64. The van der Waals surface area contributed by atoms with Crippen LogP contribution in [0.25, 0.3) is 0 Å². The molecular weight excluding hydrogens is 246 g/mol. The van der Waals surface area contributed by atoms with E-state index in [1.807, 2.05) is 31.2 Å². The van der Waals surface area contributed by atoms with Crippen molar-refractivity contribution in [2.24, 2.45) is 0 Å². The Morgan fingerprint density at radius 1 is 1.16 bits per heavy atom. The molecule has 2 N–H and O–H groups in total. The number of hydrogen-bond donors (Lipinski definition) is 2. The lowest BCUT2D eigenvalue weighted by Crippen LogP contribution is -2.29. The standard InChI is InChI=1S/C14H14BFO3/c1-10-3-2-4-11(7-10)9-19-14-8-12(15(17)18)5-6-13(14)16/h2-8,17-18H,9H2,1H3. The summed E-state index contributed by atoms with van der Waals surface area (Å²) < 4.78 is 18.9. The minimum Gasteiger partial charge on any atom is -0.486 e. The van der Waals surface area contributed by atoms with Gasteiger partial charge in [-0.1, -0.05) is 35.9 Å². The second-order valence-corrected chi connectivity index (χ2v) is 4.34. The molecule has 0 aromatic heterocycles. The molecule has 0 bridgehead atoms. The quantitative estimate of drug-likeness (QED) is 0.817. The zero-order chi connectivity index (χ0) is 13.8. The fourth-order valence-electron chi connectivity index (χ4n) is 1.75. The van der Waals surface area contributed by atoms with Crippen LogP contribution >= 0.6 is 0 Å². The molecule has 0 saturated carbocycles. The first-order valence-corrected chi connectivity index (χ1v) is 5.90. The van der Waals surface area contributed by atoms with Crippen LogP contribution < -0.4 is 10.2 Å². The molecule has 0 spiro atoms. The van der Waals surface area contributed by atoms with Gasteiger partial charge in [0.1, 0.15) is 6.61 Å². The van der Waals surface area contributed by atoms with Crippen molar-refractivity contribution in [2.75, 3.05) is 0 Å². The lowest BCUT2D eigenvalue weighted by molar-refractivity contribution is 0.290. The van der Waals surface area contributed by atoms with E-state index in [1.165, 1.54) is 12.1 Å². The zero-order valence-electron chi connectivity index (χ0n) is 10.5. The number of aryl methyl sites for hydroxylation is 1. The van der Waals surface area contributed by atoms with E-state index < -0.39 is 12.9 Å². The van der Waals surface area contributed by atoms with Gasteiger partial charge in [-0.25, -0.2) is 4.39 Å². The third-order valence-electron chi connectivity index (χ3n) is 2.73. The lowest BCUT2D eigenvalue weighted by atomic mass is 9.80. The van der Waals surface area contributed by atoms with Crippen LogP contribution in [0, 0.1) is 12.7 Å². The molecule has 98 valence electrons. The van der Waals surface area contributed by atoms with Gasteiger partial charge in [-0.05, 0) is 30.1 Å². The normalized spacial score (nSPS) is 10.3. The molecule has 0 heterocycles. The molecule has 0 aliphatic carbocycles. The third kappa shape index (κ3) is 3.56. The van der Waals surface area contributed by atoms with Gasteiger partial charge < -0.3 is 14.8 Å². The maximum absolute atomic E-state index is 13.5. The van der Waals surface area contributed by atoms with Gasteiger partial charge in [0, 0.05) is 0 Å². The van der Waals surface area contributed by atoms with Crippen LogP contribution in [0.1, 0.15) is 11.1 Å². The number of hydrogen-bond acceptors (Lipinski definition) is 3. The molecule has 2 aromatic rings. The number of ether oxygens (including phenoxy) is 1. The molecule has 0 radical (unpaired) electrons. The van der Waals surface area contributed by atoms with Gasteiger partial charge in [-0.3, -0.25) is 0 Å². The predicted molar refractivity (Wildman–Crippen MR) is 71.7 cm³/mol. The molecular formula is C14H14BFO3. The van der Waals surface area contributed by atoms with Gasteiger partial charge in [0.25, 0.3) is 0 Å². The van der Waals surface area contributed by atoms with E-state index in [9.17, 15) is 4.39 Å². The highest BCUT2D eigenvalue weighted by atomic mass is 19.1. The van der Waals surface area contributed by atoms with Crippen molar-refractivity contribution in [2.45, 2.75) is 13.5 Å². The minimum atomic E-state index is -1.64. The Morgan fingerprint density at radius 3 is 2.63 bits per heavy atom. The molecule has 0 atom stereocenters. The summed E-state index contributed by atoms with van der Waals surface area (Å²) in [5.74, 6) is -0.524. The van der Waals surface area contributed by atoms with Crippen LogP contribution in [0.2, 0.25) is 0 Å². The molecule has 5 heteroatoms. The summed E-state index contributed by atoms with van der Waals surface area (Å²) in [6.07, 6.45) is 0. The van der Waals surface area contributed by atoms with Crippen molar-refractivity contribution < 1.29 is 19.2 Å². The second kappa shape index (κ2) is 5.86. The Hall–Kier alpha value is -1.85. The molecule has 2 rings (SSSR count). The van der Waals surface area contributed by atoms with Crippen LogP contribution in [0.5, 0.6) is 5.75 Å². The molecule has 0 aliphatic rings. The van der Waals surface area contributed by atoms with Crippen LogP contribution in [-0.4, -0.2) is 17.2 Å². The van der Waals surface area contributed by atoms with E-state index in [0.717, 1.165) is 17.2 Å². The molecule has 0 saturated heterocycles. The molecule has 2 aromatic carbocycles. The topological polar surface area (TPSA) is 49.7 Å². The first-order valence-electron chi connectivity index (χ1n) is 5.90. The predicted octanol–water partition coefficient (Wildman–Crippen LogP) is 1.39. The molecule has 0 amide bonds. The summed E-state index contributed by atoms with van der Waals surface area (Å²) in [5.41, 5.74) is 2.22. The second-order valence-electron chi connectivity index (χ2n) is 4.34. The maximum atomic E-state index is 13.5. The summed E-state index contributed by atoms with van der Waals surface area (Å²) in [6.45, 7) is 2.19. The van der Waals surface area contributed by atoms with Crippen LogP contribution in [-0.2, 0) is 6.61 Å². The Morgan fingerprint density at radius 2 is 1.95 bits per heavy atom. The molecule has 0 unspecified atom stereocenters. The van der Waals surface area contributed by atoms with Crippen molar-refractivity contribution in [3.05, 3.63) is 59.4 Å². The number of rotatable bonds is 4. The van der Waals surface area contributed by atoms with Crippen molar-refractivity contribution in [3.8, 4) is 5.75 Å². The Bertz CT molecular complexity index is 572. The lowest BCUT2D eigenvalue weighted by Gasteiger charge is -2.09. The van der Waals surface area contributed by atoms with Gasteiger partial charge in [0.05, 0.1) is 0 Å². The SMILES string of the molecule is Cc1cccc(COc2cc(B(O)O)ccc2F)c1. The largest absolute Gasteiger partial charge is 0.488 e. The van der Waals surface area contributed by atoms with Crippen molar-refractivity contribution in [1.29, 1.82) is 0 Å². The average Bonchev–Trinajstić information content (AvgIpc) is 2.37. The van der Waals surface area contributed by atoms with Crippen molar-refractivity contribution in [3.63, 3.8) is 0 Å². The number of halogens is 1. The first kappa shape index (κ1) is 13.6. The van der Waals surface area contributed by atoms with E-state index in [1.54, 1.807) is 0 Å². The van der Waals surface area contributed by atoms with Gasteiger partial charge in [0.2, 0.25) is 0 Å². The first-order chi connectivity index (χ1) is 9.06. The van der Waals surface area contributed by atoms with E-state index in [4.69, 9.17) is 14.8 Å². The van der Waals surface area contributed by atoms with Gasteiger partial charge in [0.15, 0.2) is 11.6 Å². The van der Waals surface area contributed by atoms with Crippen LogP contribution in [0.15, 0.2) is 42.5 Å². The Balaban J connectivity index is 2.12. The molecule has 3 nitrogen and oxygen atoms in total. The van der Waals surface area contributed by atoms with E-state index >= 15 is 0 Å². The monoisotopic (exact) mass is 260 g/mol. The van der Waals surface area contributed by atoms with Crippen molar-refractivity contribution >= 4 is 12.6 Å². The minimum absolute atomic E-state index is 0.00658. The Kier molecular flexibility index (Phi) is 4.19. The highest BCUT2D eigenvalue weighted by Gasteiger charge is 2.14. The van der Waals surface area contributed by atoms with Crippen LogP contribution in [0.4, 0.5) is 4.39 Å². The van der Waals surface area contributed by atoms with Gasteiger partial charge in [-0.15, -0.1) is 0 Å².